The molecular formula is C14H11O2P. The van der Waals surface area contributed by atoms with Crippen molar-refractivity contribution in [3.63, 3.8) is 0 Å². The summed E-state index contributed by atoms with van der Waals surface area (Å²) in [6.07, 6.45) is 3.36. The Balaban J connectivity index is 2.26. The predicted molar refractivity (Wildman–Crippen MR) is 71.2 cm³/mol. The Labute approximate surface area is 101 Å². The van der Waals surface area contributed by atoms with Crippen molar-refractivity contribution in [2.45, 2.75) is 0 Å². The highest BCUT2D eigenvalue weighted by atomic mass is 31.0. The van der Waals surface area contributed by atoms with E-state index in [4.69, 9.17) is 8.83 Å². The molecule has 0 aliphatic heterocycles. The van der Waals surface area contributed by atoms with Gasteiger partial charge in [-0.25, -0.2) is 0 Å². The lowest BCUT2D eigenvalue weighted by atomic mass is 10.0. The number of rotatable bonds is 2. The van der Waals surface area contributed by atoms with Gasteiger partial charge in [0, 0.05) is 11.1 Å². The fraction of sp³-hybridized carbons (Fsp3) is 0. The van der Waals surface area contributed by atoms with E-state index in [2.05, 4.69) is 9.24 Å². The molecule has 0 radical (unpaired) electrons. The van der Waals surface area contributed by atoms with Crippen molar-refractivity contribution in [2.24, 2.45) is 0 Å². The molecule has 3 aromatic rings. The van der Waals surface area contributed by atoms with Crippen LogP contribution in [-0.4, -0.2) is 0 Å². The average Bonchev–Trinajstić information content (AvgIpc) is 3.02. The minimum atomic E-state index is 0.848. The van der Waals surface area contributed by atoms with E-state index >= 15 is 0 Å². The fourth-order valence-corrected chi connectivity index (χ4v) is 2.31. The molecule has 84 valence electrons. The summed E-state index contributed by atoms with van der Waals surface area (Å²) in [4.78, 5) is 0. The van der Waals surface area contributed by atoms with Gasteiger partial charge in [-0.3, -0.25) is 0 Å². The van der Waals surface area contributed by atoms with Crippen LogP contribution in [0.15, 0.2) is 63.8 Å². The Morgan fingerprint density at radius 1 is 0.765 bits per heavy atom. The molecule has 0 aliphatic carbocycles. The van der Waals surface area contributed by atoms with Crippen LogP contribution in [-0.2, 0) is 0 Å². The second-order valence-electron chi connectivity index (χ2n) is 3.72. The molecule has 2 aromatic heterocycles. The lowest BCUT2D eigenvalue weighted by Crippen LogP contribution is -1.97. The Kier molecular flexibility index (Phi) is 2.58. The van der Waals surface area contributed by atoms with Gasteiger partial charge in [-0.05, 0) is 29.6 Å². The van der Waals surface area contributed by atoms with E-state index in [9.17, 15) is 0 Å². The third-order valence-electron chi connectivity index (χ3n) is 2.65. The number of benzene rings is 1. The van der Waals surface area contributed by atoms with E-state index in [0.29, 0.717) is 0 Å². The zero-order chi connectivity index (χ0) is 11.7. The molecule has 1 aromatic carbocycles. The first kappa shape index (κ1) is 10.4. The summed E-state index contributed by atoms with van der Waals surface area (Å²) in [7, 11) is 2.73. The summed E-state index contributed by atoms with van der Waals surface area (Å²) in [5, 5.41) is 1.09. The third kappa shape index (κ3) is 1.81. The second kappa shape index (κ2) is 4.23. The van der Waals surface area contributed by atoms with E-state index in [1.165, 1.54) is 0 Å². The first-order chi connectivity index (χ1) is 8.36. The van der Waals surface area contributed by atoms with Crippen molar-refractivity contribution >= 4 is 14.5 Å². The highest BCUT2D eigenvalue weighted by Crippen LogP contribution is 2.32. The van der Waals surface area contributed by atoms with E-state index < -0.39 is 0 Å². The third-order valence-corrected chi connectivity index (χ3v) is 3.13. The van der Waals surface area contributed by atoms with Crippen LogP contribution in [0.1, 0.15) is 0 Å². The maximum Gasteiger partial charge on any atom is 0.135 e. The van der Waals surface area contributed by atoms with E-state index in [1.54, 1.807) is 12.5 Å². The summed E-state index contributed by atoms with van der Waals surface area (Å²) in [5.41, 5.74) is 2.09. The molecule has 3 heteroatoms. The van der Waals surface area contributed by atoms with Gasteiger partial charge < -0.3 is 8.83 Å². The molecule has 0 aliphatic rings. The smallest absolute Gasteiger partial charge is 0.135 e. The molecule has 1 unspecified atom stereocenters. The minimum absolute atomic E-state index is 0.848. The highest BCUT2D eigenvalue weighted by Gasteiger charge is 2.13. The van der Waals surface area contributed by atoms with Crippen molar-refractivity contribution in [1.82, 2.24) is 0 Å². The molecule has 0 amide bonds. The molecule has 0 N–H and O–H groups in total. The van der Waals surface area contributed by atoms with Crippen LogP contribution in [0.5, 0.6) is 0 Å². The van der Waals surface area contributed by atoms with Gasteiger partial charge >= 0.3 is 0 Å². The molecule has 0 bridgehead atoms. The molecule has 0 saturated heterocycles. The van der Waals surface area contributed by atoms with Gasteiger partial charge in [0.25, 0.3) is 0 Å². The Morgan fingerprint density at radius 3 is 2.12 bits per heavy atom. The average molecular weight is 242 g/mol. The van der Waals surface area contributed by atoms with Crippen LogP contribution in [0.25, 0.3) is 22.6 Å². The van der Waals surface area contributed by atoms with Crippen molar-refractivity contribution in [3.8, 4) is 22.6 Å². The monoisotopic (exact) mass is 242 g/mol. The van der Waals surface area contributed by atoms with Crippen LogP contribution >= 0.6 is 9.24 Å². The molecule has 0 spiro atoms. The van der Waals surface area contributed by atoms with Gasteiger partial charge in [0.15, 0.2) is 0 Å². The van der Waals surface area contributed by atoms with Crippen molar-refractivity contribution in [1.29, 1.82) is 0 Å². The Morgan fingerprint density at radius 2 is 1.47 bits per heavy atom. The van der Waals surface area contributed by atoms with E-state index in [-0.39, 0.29) is 0 Å². The summed E-state index contributed by atoms with van der Waals surface area (Å²) in [6, 6.07) is 13.8. The summed E-state index contributed by atoms with van der Waals surface area (Å²) >= 11 is 0. The quantitative estimate of drug-likeness (QED) is 0.640. The maximum atomic E-state index is 5.48. The molecule has 3 rings (SSSR count). The van der Waals surface area contributed by atoms with E-state index in [1.807, 2.05) is 42.5 Å². The molecule has 0 saturated carbocycles. The molecule has 0 fully saturated rings. The number of hydrogen-bond acceptors (Lipinski definition) is 2. The first-order valence-electron chi connectivity index (χ1n) is 5.32. The van der Waals surface area contributed by atoms with Gasteiger partial charge in [0.2, 0.25) is 0 Å². The van der Waals surface area contributed by atoms with Crippen LogP contribution < -0.4 is 5.30 Å². The lowest BCUT2D eigenvalue weighted by molar-refractivity contribution is 0.576. The zero-order valence-corrected chi connectivity index (χ0v) is 10.2. The summed E-state index contributed by atoms with van der Waals surface area (Å²) < 4.78 is 10.9. The topological polar surface area (TPSA) is 26.3 Å². The van der Waals surface area contributed by atoms with Gasteiger partial charge in [-0.15, -0.1) is 9.24 Å². The number of hydrogen-bond donors (Lipinski definition) is 0. The van der Waals surface area contributed by atoms with Gasteiger partial charge in [-0.2, -0.15) is 0 Å². The largest absolute Gasteiger partial charge is 0.464 e. The Hall–Kier alpha value is -1.79. The highest BCUT2D eigenvalue weighted by molar-refractivity contribution is 7.28. The van der Waals surface area contributed by atoms with Gasteiger partial charge in [-0.1, -0.05) is 18.2 Å². The van der Waals surface area contributed by atoms with Crippen molar-refractivity contribution in [3.05, 3.63) is 55.0 Å². The summed E-state index contributed by atoms with van der Waals surface area (Å²) in [6.45, 7) is 0. The number of furan rings is 2. The van der Waals surface area contributed by atoms with Crippen molar-refractivity contribution in [2.75, 3.05) is 0 Å². The van der Waals surface area contributed by atoms with Gasteiger partial charge in [0.05, 0.1) is 12.5 Å². The van der Waals surface area contributed by atoms with Crippen LogP contribution in [0, 0.1) is 0 Å². The van der Waals surface area contributed by atoms with E-state index in [0.717, 1.165) is 28.0 Å². The summed E-state index contributed by atoms with van der Waals surface area (Å²) in [5.74, 6) is 1.70. The minimum Gasteiger partial charge on any atom is -0.464 e. The fourth-order valence-electron chi connectivity index (χ4n) is 1.90. The molecule has 2 nitrogen and oxygen atoms in total. The molecular weight excluding hydrogens is 231 g/mol. The molecule has 2 heterocycles. The van der Waals surface area contributed by atoms with Crippen LogP contribution in [0.2, 0.25) is 0 Å². The lowest BCUT2D eigenvalue weighted by Gasteiger charge is -2.08. The standard InChI is InChI=1S/C14H11O2P/c17-13-7-1-4-10(11-5-2-8-15-11)14(13)12-6-3-9-16-12/h1-9H,17H2. The first-order valence-corrected chi connectivity index (χ1v) is 5.90. The van der Waals surface area contributed by atoms with Crippen molar-refractivity contribution < 1.29 is 8.83 Å². The molecule has 1 atom stereocenters. The zero-order valence-electron chi connectivity index (χ0n) is 9.09. The normalized spacial score (nSPS) is 10.6. The van der Waals surface area contributed by atoms with Crippen LogP contribution in [0.4, 0.5) is 0 Å². The maximum absolute atomic E-state index is 5.48. The molecule has 17 heavy (non-hydrogen) atoms. The SMILES string of the molecule is Pc1cccc(-c2ccco2)c1-c1ccco1. The van der Waals surface area contributed by atoms with Gasteiger partial charge in [0.1, 0.15) is 11.5 Å². The second-order valence-corrected chi connectivity index (χ2v) is 4.35. The predicted octanol–water partition coefficient (Wildman–Crippen LogP) is 3.71. The Bertz CT molecular complexity index is 610. The van der Waals surface area contributed by atoms with Crippen LogP contribution in [0.3, 0.4) is 0 Å².